The van der Waals surface area contributed by atoms with Crippen molar-refractivity contribution in [3.8, 4) is 0 Å². The molecule has 0 N–H and O–H groups in total. The summed E-state index contributed by atoms with van der Waals surface area (Å²) >= 11 is 17.8. The molecular formula is C16H19Cl3O2. The van der Waals surface area contributed by atoms with Crippen molar-refractivity contribution in [2.24, 2.45) is 11.8 Å². The number of hydrogen-bond acceptors (Lipinski definition) is 2. The number of rotatable bonds is 7. The number of carbonyl (C=O) groups is 1. The molecule has 1 aromatic rings. The van der Waals surface area contributed by atoms with Gasteiger partial charge in [-0.3, -0.25) is 0 Å². The van der Waals surface area contributed by atoms with Crippen LogP contribution in [0.1, 0.15) is 49.4 Å². The number of hydrogen-bond donors (Lipinski definition) is 0. The van der Waals surface area contributed by atoms with Crippen molar-refractivity contribution >= 4 is 40.8 Å². The van der Waals surface area contributed by atoms with E-state index >= 15 is 0 Å². The Morgan fingerprint density at radius 3 is 2.67 bits per heavy atom. The molecule has 116 valence electrons. The minimum Gasteiger partial charge on any atom is -0.462 e. The van der Waals surface area contributed by atoms with Gasteiger partial charge < -0.3 is 4.74 Å². The summed E-state index contributed by atoms with van der Waals surface area (Å²) in [5.74, 6) is 0.841. The molecule has 0 radical (unpaired) electrons. The standard InChI is InChI=1S/C16H19Cl3O2/c1-2-10(3-4-11-5-6-11)9-21-16(20)13-7-12(17)8-14(18)15(13)19/h7-8,10-11H,2-6,9H2,1H3. The zero-order valence-electron chi connectivity index (χ0n) is 12.0. The van der Waals surface area contributed by atoms with E-state index in [1.807, 2.05) is 0 Å². The van der Waals surface area contributed by atoms with Gasteiger partial charge in [-0.25, -0.2) is 4.79 Å². The van der Waals surface area contributed by atoms with Gasteiger partial charge in [0.2, 0.25) is 0 Å². The maximum absolute atomic E-state index is 12.1. The maximum Gasteiger partial charge on any atom is 0.339 e. The summed E-state index contributed by atoms with van der Waals surface area (Å²) in [5.41, 5.74) is 0.228. The van der Waals surface area contributed by atoms with Crippen molar-refractivity contribution in [3.63, 3.8) is 0 Å². The van der Waals surface area contributed by atoms with Crippen LogP contribution in [0, 0.1) is 11.8 Å². The van der Waals surface area contributed by atoms with Crippen LogP contribution in [0.3, 0.4) is 0 Å². The second kappa shape index (κ2) is 7.71. The van der Waals surface area contributed by atoms with Gasteiger partial charge >= 0.3 is 5.97 Å². The van der Waals surface area contributed by atoms with Crippen molar-refractivity contribution in [1.29, 1.82) is 0 Å². The molecule has 0 heterocycles. The Hall–Kier alpha value is -0.440. The van der Waals surface area contributed by atoms with E-state index < -0.39 is 5.97 Å². The van der Waals surface area contributed by atoms with E-state index in [1.165, 1.54) is 31.4 Å². The van der Waals surface area contributed by atoms with Crippen LogP contribution in [-0.4, -0.2) is 12.6 Å². The highest BCUT2D eigenvalue weighted by atomic mass is 35.5. The molecule has 1 saturated carbocycles. The van der Waals surface area contributed by atoms with Gasteiger partial charge in [-0.15, -0.1) is 0 Å². The van der Waals surface area contributed by atoms with E-state index in [0.717, 1.165) is 18.8 Å². The van der Waals surface area contributed by atoms with Crippen LogP contribution in [0.4, 0.5) is 0 Å². The summed E-state index contributed by atoms with van der Waals surface area (Å²) in [6.45, 7) is 2.54. The van der Waals surface area contributed by atoms with Crippen LogP contribution >= 0.6 is 34.8 Å². The number of benzene rings is 1. The Morgan fingerprint density at radius 2 is 2.05 bits per heavy atom. The predicted octanol–water partition coefficient (Wildman–Crippen LogP) is 6.02. The van der Waals surface area contributed by atoms with Crippen LogP contribution in [0.5, 0.6) is 0 Å². The third-order valence-electron chi connectivity index (χ3n) is 3.92. The topological polar surface area (TPSA) is 26.3 Å². The van der Waals surface area contributed by atoms with Gasteiger partial charge in [0, 0.05) is 5.02 Å². The molecule has 1 aliphatic rings. The third-order valence-corrected chi connectivity index (χ3v) is 4.94. The molecule has 1 atom stereocenters. The number of halogens is 3. The lowest BCUT2D eigenvalue weighted by Crippen LogP contribution is -2.14. The summed E-state index contributed by atoms with van der Waals surface area (Å²) in [5, 5.41) is 0.825. The highest BCUT2D eigenvalue weighted by Gasteiger charge is 2.23. The fourth-order valence-corrected chi connectivity index (χ4v) is 2.94. The van der Waals surface area contributed by atoms with Gasteiger partial charge in [-0.2, -0.15) is 0 Å². The Morgan fingerprint density at radius 1 is 1.33 bits per heavy atom. The summed E-state index contributed by atoms with van der Waals surface area (Å²) in [4.78, 5) is 12.1. The third kappa shape index (κ3) is 5.05. The SMILES string of the molecule is CCC(CCC1CC1)COC(=O)c1cc(Cl)cc(Cl)c1Cl. The first-order chi connectivity index (χ1) is 10.0. The first kappa shape index (κ1) is 16.9. The Kier molecular flexibility index (Phi) is 6.21. The van der Waals surface area contributed by atoms with Crippen LogP contribution in [-0.2, 0) is 4.74 Å². The minimum atomic E-state index is -0.464. The lowest BCUT2D eigenvalue weighted by Gasteiger charge is -2.15. The lowest BCUT2D eigenvalue weighted by molar-refractivity contribution is 0.0427. The van der Waals surface area contributed by atoms with Crippen LogP contribution in [0.2, 0.25) is 15.1 Å². The molecule has 1 fully saturated rings. The Balaban J connectivity index is 1.90. The average Bonchev–Trinajstić information content (AvgIpc) is 3.26. The molecule has 0 bridgehead atoms. The highest BCUT2D eigenvalue weighted by Crippen LogP contribution is 2.35. The monoisotopic (exact) mass is 348 g/mol. The second-order valence-corrected chi connectivity index (χ2v) is 6.86. The number of esters is 1. The van der Waals surface area contributed by atoms with Crippen LogP contribution in [0.15, 0.2) is 12.1 Å². The fraction of sp³-hybridized carbons (Fsp3) is 0.562. The molecule has 0 aromatic heterocycles. The van der Waals surface area contributed by atoms with E-state index in [0.29, 0.717) is 17.5 Å². The smallest absolute Gasteiger partial charge is 0.339 e. The minimum absolute atomic E-state index is 0.192. The van der Waals surface area contributed by atoms with E-state index in [-0.39, 0.29) is 15.6 Å². The maximum atomic E-state index is 12.1. The van der Waals surface area contributed by atoms with Gasteiger partial charge in [0.1, 0.15) is 0 Å². The van der Waals surface area contributed by atoms with Crippen molar-refractivity contribution in [2.75, 3.05) is 6.61 Å². The molecule has 5 heteroatoms. The average molecular weight is 350 g/mol. The van der Waals surface area contributed by atoms with Gasteiger partial charge in [0.25, 0.3) is 0 Å². The highest BCUT2D eigenvalue weighted by molar-refractivity contribution is 6.45. The zero-order valence-corrected chi connectivity index (χ0v) is 14.3. The molecular weight excluding hydrogens is 331 g/mol. The molecule has 0 aliphatic heterocycles. The van der Waals surface area contributed by atoms with Crippen LogP contribution in [0.25, 0.3) is 0 Å². The molecule has 2 rings (SSSR count). The van der Waals surface area contributed by atoms with Crippen molar-refractivity contribution < 1.29 is 9.53 Å². The van der Waals surface area contributed by atoms with E-state index in [9.17, 15) is 4.79 Å². The van der Waals surface area contributed by atoms with Gasteiger partial charge in [-0.05, 0) is 30.4 Å². The molecule has 1 aromatic carbocycles. The Bertz CT molecular complexity index is 512. The second-order valence-electron chi connectivity index (χ2n) is 5.64. The summed E-state index contributed by atoms with van der Waals surface area (Å²) in [6, 6.07) is 3.00. The lowest BCUT2D eigenvalue weighted by atomic mass is 10.00. The van der Waals surface area contributed by atoms with Crippen molar-refractivity contribution in [2.45, 2.75) is 39.0 Å². The normalized spacial score (nSPS) is 15.8. The van der Waals surface area contributed by atoms with E-state index in [1.54, 1.807) is 0 Å². The first-order valence-electron chi connectivity index (χ1n) is 7.33. The largest absolute Gasteiger partial charge is 0.462 e. The zero-order chi connectivity index (χ0) is 15.4. The predicted molar refractivity (Wildman–Crippen MR) is 87.5 cm³/mol. The van der Waals surface area contributed by atoms with Crippen molar-refractivity contribution in [3.05, 3.63) is 32.8 Å². The first-order valence-corrected chi connectivity index (χ1v) is 8.46. The summed E-state index contributed by atoms with van der Waals surface area (Å²) < 4.78 is 5.38. The summed E-state index contributed by atoms with van der Waals surface area (Å²) in [6.07, 6.45) is 6.06. The van der Waals surface area contributed by atoms with Gasteiger partial charge in [0.15, 0.2) is 0 Å². The molecule has 0 amide bonds. The fourth-order valence-electron chi connectivity index (χ4n) is 2.26. The van der Waals surface area contributed by atoms with Gasteiger partial charge in [0.05, 0.1) is 22.2 Å². The quantitative estimate of drug-likeness (QED) is 0.444. The Labute approximate surface area is 140 Å². The molecule has 21 heavy (non-hydrogen) atoms. The molecule has 0 saturated heterocycles. The van der Waals surface area contributed by atoms with E-state index in [2.05, 4.69) is 6.92 Å². The summed E-state index contributed by atoms with van der Waals surface area (Å²) in [7, 11) is 0. The van der Waals surface area contributed by atoms with E-state index in [4.69, 9.17) is 39.5 Å². The molecule has 2 nitrogen and oxygen atoms in total. The van der Waals surface area contributed by atoms with Gasteiger partial charge in [-0.1, -0.05) is 67.4 Å². The van der Waals surface area contributed by atoms with Crippen LogP contribution < -0.4 is 0 Å². The number of carbonyl (C=O) groups excluding carboxylic acids is 1. The number of ether oxygens (including phenoxy) is 1. The molecule has 0 spiro atoms. The van der Waals surface area contributed by atoms with Crippen molar-refractivity contribution in [1.82, 2.24) is 0 Å². The molecule has 1 unspecified atom stereocenters. The molecule has 1 aliphatic carbocycles.